The Labute approximate surface area is 356 Å². The third kappa shape index (κ3) is 5.64. The quantitative estimate of drug-likeness (QED) is 0.168. The molecule has 1 spiro atoms. The third-order valence-electron chi connectivity index (χ3n) is 12.8. The van der Waals surface area contributed by atoms with Crippen LogP contribution in [0.3, 0.4) is 0 Å². The number of aromatic nitrogens is 2. The van der Waals surface area contributed by atoms with Gasteiger partial charge in [0.15, 0.2) is 5.82 Å². The van der Waals surface area contributed by atoms with Crippen LogP contribution in [0.4, 0.5) is 0 Å². The van der Waals surface area contributed by atoms with Gasteiger partial charge in [0.05, 0.1) is 16.8 Å². The average molecular weight is 775 g/mol. The summed E-state index contributed by atoms with van der Waals surface area (Å²) in [7, 11) is 0. The van der Waals surface area contributed by atoms with Crippen LogP contribution < -0.4 is 0 Å². The van der Waals surface area contributed by atoms with Gasteiger partial charge >= 0.3 is 0 Å². The smallest absolute Gasteiger partial charge is 0.160 e. The Kier molecular flexibility index (Phi) is 8.11. The molecule has 0 N–H and O–H groups in total. The minimum absolute atomic E-state index is 0.355. The first-order chi connectivity index (χ1) is 30.2. The van der Waals surface area contributed by atoms with E-state index in [4.69, 9.17) is 9.97 Å². The Morgan fingerprint density at radius 3 is 1.18 bits per heavy atom. The zero-order chi connectivity index (χ0) is 40.3. The molecule has 0 saturated carbocycles. The van der Waals surface area contributed by atoms with E-state index in [9.17, 15) is 0 Å². The minimum atomic E-state index is -0.355. The van der Waals surface area contributed by atoms with Crippen molar-refractivity contribution in [3.63, 3.8) is 0 Å². The van der Waals surface area contributed by atoms with E-state index in [1.165, 1.54) is 66.8 Å². The molecule has 1 aromatic heterocycles. The Morgan fingerprint density at radius 2 is 0.607 bits per heavy atom. The molecule has 61 heavy (non-hydrogen) atoms. The predicted molar refractivity (Wildman–Crippen MR) is 251 cm³/mol. The van der Waals surface area contributed by atoms with E-state index in [1.54, 1.807) is 0 Å². The van der Waals surface area contributed by atoms with E-state index in [0.29, 0.717) is 5.82 Å². The highest BCUT2D eigenvalue weighted by Gasteiger charge is 2.51. The zero-order valence-electron chi connectivity index (χ0n) is 33.3. The number of nitrogens with zero attached hydrogens (tertiary/aromatic N) is 2. The van der Waals surface area contributed by atoms with Gasteiger partial charge in [-0.25, -0.2) is 9.97 Å². The molecular formula is C59H38N2. The molecule has 0 bridgehead atoms. The van der Waals surface area contributed by atoms with Crippen LogP contribution in [-0.2, 0) is 5.41 Å². The highest BCUT2D eigenvalue weighted by atomic mass is 14.9. The fourth-order valence-electron chi connectivity index (χ4n) is 9.92. The summed E-state index contributed by atoms with van der Waals surface area (Å²) in [5.41, 5.74) is 22.1. The Hall–Kier alpha value is -7.94. The summed E-state index contributed by atoms with van der Waals surface area (Å²) in [5, 5.41) is 0. The standard InChI is InChI=1S/C59H38N2/c1-3-14-39(15-4-1)41-26-30-43(31-27-41)56-38-57(61-58(60-56)44-32-28-42(29-33-44)40-16-5-2-6-17-40)47-19-13-18-45(36-47)46-34-35-55-51(37-46)50-22-9-12-25-54(50)59(55)52-23-10-7-20-48(52)49-21-8-11-24-53(49)59/h1-38H. The molecule has 10 aromatic rings. The van der Waals surface area contributed by atoms with E-state index in [1.807, 2.05) is 6.07 Å². The molecule has 0 unspecified atom stereocenters. The number of rotatable bonds is 6. The van der Waals surface area contributed by atoms with Crippen LogP contribution in [0.15, 0.2) is 231 Å². The summed E-state index contributed by atoms with van der Waals surface area (Å²) in [6, 6.07) is 83.3. The molecule has 9 aromatic carbocycles. The van der Waals surface area contributed by atoms with Crippen LogP contribution in [-0.4, -0.2) is 9.97 Å². The van der Waals surface area contributed by atoms with Crippen molar-refractivity contribution in [3.05, 3.63) is 253 Å². The van der Waals surface area contributed by atoms with Crippen LogP contribution >= 0.6 is 0 Å². The maximum absolute atomic E-state index is 5.27. The number of hydrogen-bond acceptors (Lipinski definition) is 2. The fraction of sp³-hybridized carbons (Fsp3) is 0.0169. The second-order valence-corrected chi connectivity index (χ2v) is 16.1. The third-order valence-corrected chi connectivity index (χ3v) is 12.8. The van der Waals surface area contributed by atoms with Crippen LogP contribution in [0.5, 0.6) is 0 Å². The first-order valence-corrected chi connectivity index (χ1v) is 21.0. The molecule has 284 valence electrons. The largest absolute Gasteiger partial charge is 0.228 e. The molecule has 2 nitrogen and oxygen atoms in total. The summed E-state index contributed by atoms with van der Waals surface area (Å²) in [5.74, 6) is 0.696. The van der Waals surface area contributed by atoms with Crippen molar-refractivity contribution in [1.29, 1.82) is 0 Å². The van der Waals surface area contributed by atoms with Gasteiger partial charge in [0.25, 0.3) is 0 Å². The van der Waals surface area contributed by atoms with Crippen molar-refractivity contribution < 1.29 is 0 Å². The SMILES string of the molecule is c1ccc(-c2ccc(-c3cc(-c4cccc(-c5ccc6c(c5)-c5ccccc5C65c6ccccc6-c6ccccc65)c4)nc(-c4ccc(-c5ccccc5)cc4)n3)cc2)cc1. The minimum Gasteiger partial charge on any atom is -0.228 e. The van der Waals surface area contributed by atoms with Gasteiger partial charge in [-0.15, -0.1) is 0 Å². The van der Waals surface area contributed by atoms with Crippen LogP contribution in [0.25, 0.3) is 89.5 Å². The molecule has 0 amide bonds. The van der Waals surface area contributed by atoms with Gasteiger partial charge < -0.3 is 0 Å². The lowest BCUT2D eigenvalue weighted by Crippen LogP contribution is -2.25. The number of benzene rings is 9. The van der Waals surface area contributed by atoms with Crippen LogP contribution in [0.2, 0.25) is 0 Å². The molecular weight excluding hydrogens is 737 g/mol. The Bertz CT molecular complexity index is 3130. The van der Waals surface area contributed by atoms with E-state index >= 15 is 0 Å². The van der Waals surface area contributed by atoms with E-state index in [2.05, 4.69) is 224 Å². The van der Waals surface area contributed by atoms with Gasteiger partial charge in [-0.3, -0.25) is 0 Å². The van der Waals surface area contributed by atoms with Gasteiger partial charge in [-0.2, -0.15) is 0 Å². The van der Waals surface area contributed by atoms with Crippen molar-refractivity contribution in [3.8, 4) is 89.5 Å². The van der Waals surface area contributed by atoms with Gasteiger partial charge in [-0.1, -0.05) is 212 Å². The molecule has 0 saturated heterocycles. The maximum atomic E-state index is 5.27. The number of hydrogen-bond donors (Lipinski definition) is 0. The molecule has 0 fully saturated rings. The molecule has 12 rings (SSSR count). The van der Waals surface area contributed by atoms with Crippen LogP contribution in [0.1, 0.15) is 22.3 Å². The van der Waals surface area contributed by atoms with Gasteiger partial charge in [-0.05, 0) is 96.1 Å². The second-order valence-electron chi connectivity index (χ2n) is 16.1. The van der Waals surface area contributed by atoms with Crippen molar-refractivity contribution in [1.82, 2.24) is 9.97 Å². The van der Waals surface area contributed by atoms with Crippen molar-refractivity contribution in [2.45, 2.75) is 5.41 Å². The lowest BCUT2D eigenvalue weighted by molar-refractivity contribution is 0.794. The molecule has 0 aliphatic heterocycles. The number of fused-ring (bicyclic) bond motifs is 10. The normalized spacial score (nSPS) is 12.7. The maximum Gasteiger partial charge on any atom is 0.160 e. The van der Waals surface area contributed by atoms with Crippen LogP contribution in [0, 0.1) is 0 Å². The molecule has 0 radical (unpaired) electrons. The Balaban J connectivity index is 0.969. The van der Waals surface area contributed by atoms with E-state index in [-0.39, 0.29) is 5.41 Å². The molecule has 2 aliphatic rings. The molecule has 1 heterocycles. The first-order valence-electron chi connectivity index (χ1n) is 21.0. The summed E-state index contributed by atoms with van der Waals surface area (Å²) >= 11 is 0. The van der Waals surface area contributed by atoms with Crippen molar-refractivity contribution >= 4 is 0 Å². The predicted octanol–water partition coefficient (Wildman–Crippen LogP) is 14.8. The lowest BCUT2D eigenvalue weighted by atomic mass is 9.70. The highest BCUT2D eigenvalue weighted by Crippen LogP contribution is 2.63. The zero-order valence-corrected chi connectivity index (χ0v) is 33.3. The van der Waals surface area contributed by atoms with Gasteiger partial charge in [0.2, 0.25) is 0 Å². The lowest BCUT2D eigenvalue weighted by Gasteiger charge is -2.30. The molecule has 2 heteroatoms. The Morgan fingerprint density at radius 1 is 0.230 bits per heavy atom. The van der Waals surface area contributed by atoms with E-state index in [0.717, 1.165) is 39.2 Å². The summed E-state index contributed by atoms with van der Waals surface area (Å²) < 4.78 is 0. The van der Waals surface area contributed by atoms with Gasteiger partial charge in [0.1, 0.15) is 0 Å². The monoisotopic (exact) mass is 774 g/mol. The van der Waals surface area contributed by atoms with Crippen molar-refractivity contribution in [2.75, 3.05) is 0 Å². The fourth-order valence-corrected chi connectivity index (χ4v) is 9.92. The highest BCUT2D eigenvalue weighted by molar-refractivity contribution is 5.96. The summed E-state index contributed by atoms with van der Waals surface area (Å²) in [6.45, 7) is 0. The van der Waals surface area contributed by atoms with Crippen molar-refractivity contribution in [2.24, 2.45) is 0 Å². The summed E-state index contributed by atoms with van der Waals surface area (Å²) in [6.07, 6.45) is 0. The topological polar surface area (TPSA) is 25.8 Å². The molecule has 0 atom stereocenters. The average Bonchev–Trinajstić information content (AvgIpc) is 3.82. The molecule has 2 aliphatic carbocycles. The van der Waals surface area contributed by atoms with Gasteiger partial charge in [0, 0.05) is 16.7 Å². The van der Waals surface area contributed by atoms with E-state index < -0.39 is 0 Å². The second kappa shape index (κ2) is 14.1. The first kappa shape index (κ1) is 35.0. The summed E-state index contributed by atoms with van der Waals surface area (Å²) in [4.78, 5) is 10.5.